The number of hydrogen-bond acceptors (Lipinski definition) is 12. The highest BCUT2D eigenvalue weighted by molar-refractivity contribution is 6.31. The number of carbonyl (C=O) groups is 4. The molecule has 6 atom stereocenters. The Labute approximate surface area is 253 Å². The molecular weight excluding hydrogens is 576 g/mol. The van der Waals surface area contributed by atoms with Gasteiger partial charge in [0, 0.05) is 36.0 Å². The number of nitrogens with one attached hydrogen (secondary N) is 1. The minimum Gasteiger partial charge on any atom is -0.507 e. The molecule has 1 heterocycles. The van der Waals surface area contributed by atoms with E-state index in [-0.39, 0.29) is 53.3 Å². The number of benzene rings is 2. The summed E-state index contributed by atoms with van der Waals surface area (Å²) < 4.78 is 17.4. The zero-order chi connectivity index (χ0) is 32.2. The molecule has 13 nitrogen and oxygen atoms in total. The summed E-state index contributed by atoms with van der Waals surface area (Å²) in [6.45, 7) is 2.83. The average molecular weight is 613 g/mol. The van der Waals surface area contributed by atoms with E-state index in [1.165, 1.54) is 32.2 Å². The van der Waals surface area contributed by atoms with Crippen molar-refractivity contribution in [2.75, 3.05) is 27.7 Å². The summed E-state index contributed by atoms with van der Waals surface area (Å²) in [7, 11) is 4.77. The van der Waals surface area contributed by atoms with Gasteiger partial charge in [0.15, 0.2) is 17.9 Å². The predicted molar refractivity (Wildman–Crippen MR) is 153 cm³/mol. The number of carbonyl (C=O) groups excluding carboxylic acids is 4. The van der Waals surface area contributed by atoms with E-state index in [0.717, 1.165) is 0 Å². The number of methoxy groups -OCH3 is 1. The van der Waals surface area contributed by atoms with Gasteiger partial charge in [-0.05, 0) is 34.0 Å². The maximum Gasteiger partial charge on any atom is 0.234 e. The lowest BCUT2D eigenvalue weighted by molar-refractivity contribution is -0.249. The van der Waals surface area contributed by atoms with Crippen molar-refractivity contribution in [3.63, 3.8) is 0 Å². The van der Waals surface area contributed by atoms with Gasteiger partial charge in [-0.2, -0.15) is 0 Å². The van der Waals surface area contributed by atoms with E-state index in [2.05, 4.69) is 5.32 Å². The Balaban J connectivity index is 1.58. The molecule has 3 aliphatic rings. The molecule has 1 saturated heterocycles. The molecule has 0 spiro atoms. The second-order valence-electron chi connectivity index (χ2n) is 11.9. The maximum absolute atomic E-state index is 13.8. The second-order valence-corrected chi connectivity index (χ2v) is 11.9. The molecule has 2 aromatic rings. The van der Waals surface area contributed by atoms with Gasteiger partial charge in [-0.3, -0.25) is 19.2 Å². The van der Waals surface area contributed by atoms with Crippen LogP contribution in [0.1, 0.15) is 75.8 Å². The Hall–Kier alpha value is -3.88. The molecule has 1 fully saturated rings. The molecule has 44 heavy (non-hydrogen) atoms. The van der Waals surface area contributed by atoms with Crippen molar-refractivity contribution in [1.82, 2.24) is 10.2 Å². The second kappa shape index (κ2) is 11.6. The summed E-state index contributed by atoms with van der Waals surface area (Å²) >= 11 is 0. The van der Waals surface area contributed by atoms with Crippen molar-refractivity contribution in [3.8, 4) is 17.2 Å². The van der Waals surface area contributed by atoms with Crippen LogP contribution in [0.3, 0.4) is 0 Å². The first-order valence-corrected chi connectivity index (χ1v) is 14.2. The Morgan fingerprint density at radius 2 is 1.80 bits per heavy atom. The number of nitrogens with zero attached hydrogens (tertiary/aromatic N) is 1. The Morgan fingerprint density at radius 3 is 2.43 bits per heavy atom. The number of aliphatic hydroxyl groups excluding tert-OH is 1. The number of ether oxygens (including phenoxy) is 3. The maximum atomic E-state index is 13.8. The third-order valence-electron chi connectivity index (χ3n) is 8.56. The number of aliphatic hydroxyl groups is 2. The number of Topliss-reactive ketones (excluding diaryl/α,β-unsaturated/α-hetero) is 1. The Bertz CT molecular complexity index is 1550. The van der Waals surface area contributed by atoms with E-state index >= 15 is 0 Å². The number of ketones is 3. The molecule has 0 radical (unpaired) electrons. The van der Waals surface area contributed by atoms with Crippen LogP contribution in [0.25, 0.3) is 0 Å². The first-order valence-electron chi connectivity index (χ1n) is 14.2. The van der Waals surface area contributed by atoms with E-state index in [1.807, 2.05) is 0 Å². The molecule has 2 aromatic carbocycles. The van der Waals surface area contributed by atoms with E-state index in [4.69, 9.17) is 14.2 Å². The van der Waals surface area contributed by atoms with Gasteiger partial charge in [0.1, 0.15) is 29.0 Å². The molecule has 5 rings (SSSR count). The molecule has 0 aromatic heterocycles. The highest BCUT2D eigenvalue weighted by atomic mass is 16.7. The van der Waals surface area contributed by atoms with E-state index < -0.39 is 82.6 Å². The summed E-state index contributed by atoms with van der Waals surface area (Å²) in [5.41, 5.74) is -3.28. The van der Waals surface area contributed by atoms with Gasteiger partial charge in [0.05, 0.1) is 48.6 Å². The van der Waals surface area contributed by atoms with Crippen LogP contribution in [0.15, 0.2) is 18.2 Å². The van der Waals surface area contributed by atoms with Gasteiger partial charge >= 0.3 is 0 Å². The number of hydrogen-bond donors (Lipinski definition) is 5. The standard InChI is InChI=1S/C31H36N2O11/c1-13-26(36)17(32-20(35)12-33(3)4)9-21(43-13)44-19-11-31(41,14(2)34)10-16-23(19)30(40)25-24(28(16)38)27(37)15-7-6-8-18(42-5)22(15)29(25)39/h6-8,13,17,19,21,26,36,38,40-41H,9-12H2,1-5H3,(H,32,35)/t13-,17-,19-,21-,26+,31-/m0/s1. The summed E-state index contributed by atoms with van der Waals surface area (Å²) in [5, 5.41) is 47.9. The Kier molecular flexibility index (Phi) is 8.29. The molecular formula is C31H36N2O11. The SMILES string of the molecule is COc1cccc2c1C(=O)c1c(O)c3c(c(O)c1C2=O)C[C@@](O)(C(C)=O)C[C@@H]3O[C@H]1C[C@H](NC(=O)CN(C)C)[C@H](O)[C@H](C)O1. The third kappa shape index (κ3) is 5.24. The summed E-state index contributed by atoms with van der Waals surface area (Å²) in [6, 6.07) is 3.63. The van der Waals surface area contributed by atoms with Crippen LogP contribution >= 0.6 is 0 Å². The lowest BCUT2D eigenvalue weighted by atomic mass is 9.72. The molecule has 0 saturated carbocycles. The number of amides is 1. The topological polar surface area (TPSA) is 192 Å². The van der Waals surface area contributed by atoms with Crippen LogP contribution in [0.4, 0.5) is 0 Å². The van der Waals surface area contributed by atoms with Crippen molar-refractivity contribution >= 4 is 23.3 Å². The predicted octanol–water partition coefficient (Wildman–Crippen LogP) is 0.748. The molecule has 0 bridgehead atoms. The normalized spacial score (nSPS) is 27.8. The Morgan fingerprint density at radius 1 is 1.11 bits per heavy atom. The van der Waals surface area contributed by atoms with Gasteiger partial charge in [0.25, 0.3) is 0 Å². The van der Waals surface area contributed by atoms with Crippen molar-refractivity contribution in [2.24, 2.45) is 0 Å². The van der Waals surface area contributed by atoms with Crippen LogP contribution in [-0.4, -0.2) is 106 Å². The largest absolute Gasteiger partial charge is 0.507 e. The van der Waals surface area contributed by atoms with Crippen molar-refractivity contribution in [1.29, 1.82) is 0 Å². The molecule has 13 heteroatoms. The fraction of sp³-hybridized carbons (Fsp3) is 0.484. The lowest BCUT2D eigenvalue weighted by Gasteiger charge is -2.42. The number of phenolic OH excluding ortho intramolecular Hbond substituents is 2. The fourth-order valence-corrected chi connectivity index (χ4v) is 6.31. The molecule has 1 amide bonds. The molecule has 1 aliphatic heterocycles. The van der Waals surface area contributed by atoms with E-state index in [1.54, 1.807) is 25.9 Å². The van der Waals surface area contributed by atoms with Gasteiger partial charge in [-0.1, -0.05) is 12.1 Å². The third-order valence-corrected chi connectivity index (χ3v) is 8.56. The number of phenols is 2. The van der Waals surface area contributed by atoms with E-state index in [0.29, 0.717) is 0 Å². The number of fused-ring (bicyclic) bond motifs is 3. The quantitative estimate of drug-likeness (QED) is 0.236. The molecule has 2 aliphatic carbocycles. The molecule has 0 unspecified atom stereocenters. The minimum absolute atomic E-state index is 0.0331. The smallest absolute Gasteiger partial charge is 0.234 e. The number of likely N-dealkylation sites (N-methyl/N-ethyl adjacent to an activating group) is 1. The van der Waals surface area contributed by atoms with Gasteiger partial charge in [-0.25, -0.2) is 0 Å². The number of rotatable bonds is 7. The summed E-state index contributed by atoms with van der Waals surface area (Å²) in [6.07, 6.45) is -5.16. The lowest BCUT2D eigenvalue weighted by Crippen LogP contribution is -2.56. The van der Waals surface area contributed by atoms with Gasteiger partial charge < -0.3 is 44.9 Å². The first kappa shape index (κ1) is 31.5. The van der Waals surface area contributed by atoms with Crippen LogP contribution in [-0.2, 0) is 25.5 Å². The molecule has 236 valence electrons. The summed E-state index contributed by atoms with van der Waals surface area (Å²) in [4.78, 5) is 54.2. The van der Waals surface area contributed by atoms with Crippen LogP contribution in [0.5, 0.6) is 17.2 Å². The zero-order valence-corrected chi connectivity index (χ0v) is 25.0. The first-order chi connectivity index (χ1) is 20.7. The van der Waals surface area contributed by atoms with Crippen molar-refractivity contribution in [2.45, 2.75) is 69.4 Å². The zero-order valence-electron chi connectivity index (χ0n) is 25.0. The van der Waals surface area contributed by atoms with Gasteiger partial charge in [0.2, 0.25) is 11.7 Å². The van der Waals surface area contributed by atoms with Crippen molar-refractivity contribution in [3.05, 3.63) is 51.6 Å². The van der Waals surface area contributed by atoms with Crippen LogP contribution in [0, 0.1) is 0 Å². The monoisotopic (exact) mass is 612 g/mol. The van der Waals surface area contributed by atoms with Crippen molar-refractivity contribution < 1.29 is 53.8 Å². The van der Waals surface area contributed by atoms with Crippen LogP contribution in [0.2, 0.25) is 0 Å². The average Bonchev–Trinajstić information content (AvgIpc) is 2.95. The van der Waals surface area contributed by atoms with Gasteiger partial charge in [-0.15, -0.1) is 0 Å². The molecule has 5 N–H and O–H groups in total. The van der Waals surface area contributed by atoms with E-state index in [9.17, 15) is 39.6 Å². The van der Waals surface area contributed by atoms with Crippen LogP contribution < -0.4 is 10.1 Å². The number of aromatic hydroxyl groups is 2. The highest BCUT2D eigenvalue weighted by Gasteiger charge is 2.49. The fourth-order valence-electron chi connectivity index (χ4n) is 6.31. The summed E-state index contributed by atoms with van der Waals surface area (Å²) in [5.74, 6) is -3.68. The minimum atomic E-state index is -2.06. The highest BCUT2D eigenvalue weighted by Crippen LogP contribution is 2.52.